The SMILES string of the molecule is CN1C(=O)[C@]2(C)C[C@](C)(C#N)N2c2ccccc21. The zero-order valence-corrected chi connectivity index (χ0v) is 10.8. The summed E-state index contributed by atoms with van der Waals surface area (Å²) in [6.07, 6.45) is 0.577. The van der Waals surface area contributed by atoms with E-state index in [1.807, 2.05) is 43.0 Å². The number of para-hydroxylation sites is 2. The van der Waals surface area contributed by atoms with Crippen molar-refractivity contribution in [1.82, 2.24) is 0 Å². The van der Waals surface area contributed by atoms with Crippen molar-refractivity contribution in [3.8, 4) is 6.07 Å². The Bertz CT molecular complexity index is 591. The van der Waals surface area contributed by atoms with Gasteiger partial charge in [0.1, 0.15) is 11.1 Å². The molecule has 1 aromatic rings. The van der Waals surface area contributed by atoms with Gasteiger partial charge in [0, 0.05) is 13.5 Å². The van der Waals surface area contributed by atoms with Gasteiger partial charge in [-0.25, -0.2) is 0 Å². The van der Waals surface area contributed by atoms with Crippen molar-refractivity contribution in [1.29, 1.82) is 5.26 Å². The fourth-order valence-electron chi connectivity index (χ4n) is 3.48. The predicted octanol–water partition coefficient (Wildman–Crippen LogP) is 1.91. The van der Waals surface area contributed by atoms with E-state index in [1.165, 1.54) is 0 Å². The topological polar surface area (TPSA) is 47.3 Å². The Morgan fingerprint density at radius 2 is 1.89 bits per heavy atom. The van der Waals surface area contributed by atoms with E-state index in [2.05, 4.69) is 6.07 Å². The summed E-state index contributed by atoms with van der Waals surface area (Å²) in [5, 5.41) is 9.36. The van der Waals surface area contributed by atoms with Gasteiger partial charge in [0.2, 0.25) is 0 Å². The van der Waals surface area contributed by atoms with Crippen molar-refractivity contribution in [2.45, 2.75) is 31.3 Å². The maximum Gasteiger partial charge on any atom is 0.252 e. The number of carbonyl (C=O) groups excluding carboxylic acids is 1. The van der Waals surface area contributed by atoms with Gasteiger partial charge in [0.15, 0.2) is 0 Å². The van der Waals surface area contributed by atoms with Crippen molar-refractivity contribution in [3.05, 3.63) is 24.3 Å². The Labute approximate surface area is 106 Å². The fourth-order valence-corrected chi connectivity index (χ4v) is 3.48. The normalized spacial score (nSPS) is 33.3. The first-order chi connectivity index (χ1) is 8.44. The number of fused-ring (bicyclic) bond motifs is 3. The van der Waals surface area contributed by atoms with E-state index in [1.54, 1.807) is 11.9 Å². The van der Waals surface area contributed by atoms with Crippen molar-refractivity contribution >= 4 is 17.3 Å². The van der Waals surface area contributed by atoms with E-state index in [0.717, 1.165) is 11.4 Å². The number of carbonyl (C=O) groups is 1. The highest BCUT2D eigenvalue weighted by Crippen LogP contribution is 2.54. The monoisotopic (exact) mass is 241 g/mol. The summed E-state index contributed by atoms with van der Waals surface area (Å²) in [5.74, 6) is 0.0638. The van der Waals surface area contributed by atoms with Crippen molar-refractivity contribution in [3.63, 3.8) is 0 Å². The van der Waals surface area contributed by atoms with Crippen LogP contribution < -0.4 is 9.80 Å². The molecule has 2 aliphatic heterocycles. The zero-order chi connectivity index (χ0) is 13.1. The first kappa shape index (κ1) is 11.1. The van der Waals surface area contributed by atoms with E-state index in [0.29, 0.717) is 6.42 Å². The third kappa shape index (κ3) is 1.02. The Kier molecular flexibility index (Phi) is 1.88. The predicted molar refractivity (Wildman–Crippen MR) is 69.4 cm³/mol. The van der Waals surface area contributed by atoms with Gasteiger partial charge < -0.3 is 9.80 Å². The molecule has 0 spiro atoms. The number of rotatable bonds is 0. The summed E-state index contributed by atoms with van der Waals surface area (Å²) < 4.78 is 0. The lowest BCUT2D eigenvalue weighted by Gasteiger charge is -2.63. The van der Waals surface area contributed by atoms with E-state index < -0.39 is 11.1 Å². The summed E-state index contributed by atoms with van der Waals surface area (Å²) in [5.41, 5.74) is 0.688. The quantitative estimate of drug-likeness (QED) is 0.697. The highest BCUT2D eigenvalue weighted by atomic mass is 16.2. The minimum absolute atomic E-state index is 0.0638. The van der Waals surface area contributed by atoms with Gasteiger partial charge in [-0.3, -0.25) is 4.79 Å². The summed E-state index contributed by atoms with van der Waals surface area (Å²) in [7, 11) is 1.80. The van der Waals surface area contributed by atoms with Crippen LogP contribution in [0.5, 0.6) is 0 Å². The molecule has 4 nitrogen and oxygen atoms in total. The first-order valence-electron chi connectivity index (χ1n) is 6.03. The maximum atomic E-state index is 12.4. The number of anilines is 2. The van der Waals surface area contributed by atoms with E-state index >= 15 is 0 Å². The molecule has 0 aromatic heterocycles. The van der Waals surface area contributed by atoms with Crippen LogP contribution in [0.15, 0.2) is 24.3 Å². The molecule has 2 atom stereocenters. The molecule has 18 heavy (non-hydrogen) atoms. The van der Waals surface area contributed by atoms with Crippen molar-refractivity contribution < 1.29 is 4.79 Å². The van der Waals surface area contributed by atoms with Gasteiger partial charge in [-0.1, -0.05) is 12.1 Å². The highest BCUT2D eigenvalue weighted by Gasteiger charge is 2.64. The Balaban J connectivity index is 2.24. The number of likely N-dealkylation sites (N-methyl/N-ethyl adjacent to an activating group) is 1. The van der Waals surface area contributed by atoms with E-state index in [9.17, 15) is 10.1 Å². The summed E-state index contributed by atoms with van der Waals surface area (Å²) >= 11 is 0. The molecule has 92 valence electrons. The number of benzene rings is 1. The van der Waals surface area contributed by atoms with Gasteiger partial charge in [-0.05, 0) is 26.0 Å². The molecule has 0 saturated carbocycles. The van der Waals surface area contributed by atoms with Crippen molar-refractivity contribution in [2.24, 2.45) is 0 Å². The molecule has 0 N–H and O–H groups in total. The lowest BCUT2D eigenvalue weighted by molar-refractivity contribution is -0.127. The fraction of sp³-hybridized carbons (Fsp3) is 0.429. The molecule has 4 heteroatoms. The van der Waals surface area contributed by atoms with Gasteiger partial charge in [-0.15, -0.1) is 0 Å². The van der Waals surface area contributed by atoms with Crippen LogP contribution >= 0.6 is 0 Å². The molecule has 0 radical (unpaired) electrons. The molecule has 1 fully saturated rings. The lowest BCUT2D eigenvalue weighted by Crippen LogP contribution is -2.78. The standard InChI is InChI=1S/C14H15N3O/c1-13(9-15)8-14(2)12(18)16(3)10-6-4-5-7-11(10)17(13)14/h4-7H,8H2,1-3H3/t13-,14+/m1/s1. The largest absolute Gasteiger partial charge is 0.337 e. The van der Waals surface area contributed by atoms with Gasteiger partial charge in [0.25, 0.3) is 5.91 Å². The maximum absolute atomic E-state index is 12.4. The molecule has 2 aliphatic rings. The Hall–Kier alpha value is -2.02. The zero-order valence-electron chi connectivity index (χ0n) is 10.8. The van der Waals surface area contributed by atoms with Crippen LogP contribution in [0.4, 0.5) is 11.4 Å². The molecular weight excluding hydrogens is 226 g/mol. The summed E-state index contributed by atoms with van der Waals surface area (Å²) in [6.45, 7) is 3.81. The van der Waals surface area contributed by atoms with E-state index in [4.69, 9.17) is 0 Å². The second-order valence-corrected chi connectivity index (χ2v) is 5.52. The Morgan fingerprint density at radius 1 is 1.28 bits per heavy atom. The van der Waals surface area contributed by atoms with Crippen LogP contribution in [0.2, 0.25) is 0 Å². The smallest absolute Gasteiger partial charge is 0.252 e. The lowest BCUT2D eigenvalue weighted by atomic mass is 9.68. The molecule has 0 unspecified atom stereocenters. The molecule has 1 amide bonds. The third-order valence-corrected chi connectivity index (χ3v) is 4.17. The van der Waals surface area contributed by atoms with Gasteiger partial charge in [0.05, 0.1) is 17.4 Å². The minimum Gasteiger partial charge on any atom is -0.337 e. The average Bonchev–Trinajstić information content (AvgIpc) is 2.35. The second-order valence-electron chi connectivity index (χ2n) is 5.52. The molecule has 3 rings (SSSR count). The minimum atomic E-state index is -0.582. The van der Waals surface area contributed by atoms with Crippen LogP contribution in [0.1, 0.15) is 20.3 Å². The molecule has 1 aromatic carbocycles. The molecule has 0 aliphatic carbocycles. The summed E-state index contributed by atoms with van der Waals surface area (Å²) in [6, 6.07) is 10.1. The number of nitrogens with zero attached hydrogens (tertiary/aromatic N) is 3. The second kappa shape index (κ2) is 3.05. The number of amides is 1. The average molecular weight is 241 g/mol. The number of hydrogen-bond acceptors (Lipinski definition) is 3. The van der Waals surface area contributed by atoms with Crippen molar-refractivity contribution in [2.75, 3.05) is 16.8 Å². The summed E-state index contributed by atoms with van der Waals surface area (Å²) in [4.78, 5) is 16.1. The van der Waals surface area contributed by atoms with E-state index in [-0.39, 0.29) is 5.91 Å². The van der Waals surface area contributed by atoms with Crippen LogP contribution in [0.25, 0.3) is 0 Å². The Morgan fingerprint density at radius 3 is 2.50 bits per heavy atom. The number of hydrogen-bond donors (Lipinski definition) is 0. The van der Waals surface area contributed by atoms with Crippen LogP contribution in [0, 0.1) is 11.3 Å². The number of nitriles is 1. The molecule has 2 heterocycles. The van der Waals surface area contributed by atoms with Crippen LogP contribution in [-0.4, -0.2) is 24.0 Å². The van der Waals surface area contributed by atoms with Gasteiger partial charge in [-0.2, -0.15) is 5.26 Å². The molecule has 1 saturated heterocycles. The highest BCUT2D eigenvalue weighted by molar-refractivity contribution is 6.10. The molecular formula is C14H15N3O. The van der Waals surface area contributed by atoms with Crippen LogP contribution in [-0.2, 0) is 4.79 Å². The van der Waals surface area contributed by atoms with Gasteiger partial charge >= 0.3 is 0 Å². The van der Waals surface area contributed by atoms with Crippen LogP contribution in [0.3, 0.4) is 0 Å². The first-order valence-corrected chi connectivity index (χ1v) is 6.03. The third-order valence-electron chi connectivity index (χ3n) is 4.17. The molecule has 0 bridgehead atoms.